The number of carbonyl (C=O) groups is 1. The first kappa shape index (κ1) is 16.0. The monoisotopic (exact) mass is 508 g/mol. The van der Waals surface area contributed by atoms with Gasteiger partial charge in [-0.15, -0.1) is 0 Å². The quantitative estimate of drug-likeness (QED) is 0.405. The molecule has 0 radical (unpaired) electrons. The second-order valence-corrected chi connectivity index (χ2v) is 7.02. The summed E-state index contributed by atoms with van der Waals surface area (Å²) in [6.45, 7) is 2.43. The number of halogens is 3. The molecular weight excluding hydrogens is 499 g/mol. The van der Waals surface area contributed by atoms with Gasteiger partial charge in [-0.25, -0.2) is 0 Å². The van der Waals surface area contributed by atoms with Crippen molar-refractivity contribution in [2.75, 3.05) is 6.61 Å². The van der Waals surface area contributed by atoms with Crippen LogP contribution in [0.4, 0.5) is 0 Å². The van der Waals surface area contributed by atoms with Crippen LogP contribution in [0.2, 0.25) is 0 Å². The summed E-state index contributed by atoms with van der Waals surface area (Å²) < 4.78 is 8.20. The molecule has 0 bridgehead atoms. The molecule has 0 saturated heterocycles. The molecular formula is C15H11Br2IO2. The number of hydrogen-bond donors (Lipinski definition) is 0. The largest absolute Gasteiger partial charge is 0.493 e. The Morgan fingerprint density at radius 3 is 2.35 bits per heavy atom. The smallest absolute Gasteiger partial charge is 0.197 e. The lowest BCUT2D eigenvalue weighted by Crippen LogP contribution is -2.07. The molecule has 0 atom stereocenters. The maximum absolute atomic E-state index is 12.7. The average molecular weight is 510 g/mol. The summed E-state index contributed by atoms with van der Waals surface area (Å²) in [7, 11) is 0. The summed E-state index contributed by atoms with van der Waals surface area (Å²) in [4.78, 5) is 12.7. The van der Waals surface area contributed by atoms with E-state index in [2.05, 4.69) is 54.5 Å². The summed E-state index contributed by atoms with van der Waals surface area (Å²) in [5, 5.41) is 0. The number of rotatable bonds is 4. The number of benzene rings is 2. The lowest BCUT2D eigenvalue weighted by molar-refractivity contribution is 0.103. The summed E-state index contributed by atoms with van der Waals surface area (Å²) in [6.07, 6.45) is 0. The summed E-state index contributed by atoms with van der Waals surface area (Å²) in [5.41, 5.74) is 1.23. The molecule has 0 fully saturated rings. The number of ether oxygens (including phenoxy) is 1. The highest BCUT2D eigenvalue weighted by atomic mass is 127. The van der Waals surface area contributed by atoms with Crippen LogP contribution in [0.15, 0.2) is 45.3 Å². The van der Waals surface area contributed by atoms with E-state index in [9.17, 15) is 4.79 Å². The molecule has 0 unspecified atom stereocenters. The zero-order valence-electron chi connectivity index (χ0n) is 10.6. The first-order valence-electron chi connectivity index (χ1n) is 5.95. The van der Waals surface area contributed by atoms with Crippen molar-refractivity contribution in [2.24, 2.45) is 0 Å². The summed E-state index contributed by atoms with van der Waals surface area (Å²) in [5.74, 6) is 0.567. The Bertz CT molecular complexity index is 656. The Morgan fingerprint density at radius 1 is 1.10 bits per heavy atom. The molecule has 2 nitrogen and oxygen atoms in total. The first-order chi connectivity index (χ1) is 9.52. The summed E-state index contributed by atoms with van der Waals surface area (Å²) >= 11 is 8.97. The molecule has 0 spiro atoms. The highest BCUT2D eigenvalue weighted by molar-refractivity contribution is 14.1. The van der Waals surface area contributed by atoms with E-state index in [4.69, 9.17) is 4.74 Å². The SMILES string of the molecule is CCOc1ccc(Br)cc1C(=O)c1cc(Br)ccc1I. The van der Waals surface area contributed by atoms with Gasteiger partial charge in [0.2, 0.25) is 0 Å². The van der Waals surface area contributed by atoms with E-state index in [0.717, 1.165) is 12.5 Å². The fraction of sp³-hybridized carbons (Fsp3) is 0.133. The topological polar surface area (TPSA) is 26.3 Å². The van der Waals surface area contributed by atoms with Crippen LogP contribution in [0.25, 0.3) is 0 Å². The minimum Gasteiger partial charge on any atom is -0.493 e. The third kappa shape index (κ3) is 3.62. The molecule has 5 heteroatoms. The molecule has 0 amide bonds. The maximum atomic E-state index is 12.7. The minimum absolute atomic E-state index is 0.0412. The van der Waals surface area contributed by atoms with Gasteiger partial charge in [0.15, 0.2) is 5.78 Å². The average Bonchev–Trinajstić information content (AvgIpc) is 2.43. The highest BCUT2D eigenvalue weighted by Gasteiger charge is 2.18. The fourth-order valence-corrected chi connectivity index (χ4v) is 3.08. The van der Waals surface area contributed by atoms with Gasteiger partial charge in [0, 0.05) is 18.1 Å². The first-order valence-corrected chi connectivity index (χ1v) is 8.61. The molecule has 0 N–H and O–H groups in total. The van der Waals surface area contributed by atoms with Crippen molar-refractivity contribution >= 4 is 60.2 Å². The second-order valence-electron chi connectivity index (χ2n) is 4.03. The number of carbonyl (C=O) groups excluding carboxylic acids is 1. The summed E-state index contributed by atoms with van der Waals surface area (Å²) in [6, 6.07) is 11.1. The van der Waals surface area contributed by atoms with Gasteiger partial charge in [0.1, 0.15) is 5.75 Å². The van der Waals surface area contributed by atoms with Gasteiger partial charge in [0.25, 0.3) is 0 Å². The molecule has 0 saturated carbocycles. The van der Waals surface area contributed by atoms with Crippen molar-refractivity contribution in [3.8, 4) is 5.75 Å². The Labute approximate surface area is 148 Å². The zero-order chi connectivity index (χ0) is 14.7. The molecule has 0 aliphatic heterocycles. The molecule has 0 heterocycles. The normalized spacial score (nSPS) is 10.4. The lowest BCUT2D eigenvalue weighted by atomic mass is 10.0. The Kier molecular flexibility index (Phi) is 5.63. The van der Waals surface area contributed by atoms with Gasteiger partial charge in [0.05, 0.1) is 12.2 Å². The van der Waals surface area contributed by atoms with Crippen LogP contribution in [0.1, 0.15) is 22.8 Å². The van der Waals surface area contributed by atoms with Gasteiger partial charge < -0.3 is 4.74 Å². The predicted octanol–water partition coefficient (Wildman–Crippen LogP) is 5.45. The third-order valence-corrected chi connectivity index (χ3v) is 4.59. The highest BCUT2D eigenvalue weighted by Crippen LogP contribution is 2.28. The third-order valence-electron chi connectivity index (χ3n) is 2.66. The molecule has 2 aromatic carbocycles. The maximum Gasteiger partial charge on any atom is 0.197 e. The van der Waals surface area contributed by atoms with E-state index in [1.54, 1.807) is 6.07 Å². The van der Waals surface area contributed by atoms with Crippen molar-refractivity contribution in [2.45, 2.75) is 6.92 Å². The van der Waals surface area contributed by atoms with Crippen LogP contribution < -0.4 is 4.74 Å². The van der Waals surface area contributed by atoms with Gasteiger partial charge in [-0.05, 0) is 65.9 Å². The van der Waals surface area contributed by atoms with Crippen molar-refractivity contribution in [3.05, 3.63) is 60.0 Å². The van der Waals surface area contributed by atoms with Crippen molar-refractivity contribution in [1.82, 2.24) is 0 Å². The Balaban J connectivity index is 2.52. The van der Waals surface area contributed by atoms with Crippen LogP contribution in [0.5, 0.6) is 5.75 Å². The van der Waals surface area contributed by atoms with Crippen molar-refractivity contribution < 1.29 is 9.53 Å². The van der Waals surface area contributed by atoms with Crippen LogP contribution in [0, 0.1) is 3.57 Å². The van der Waals surface area contributed by atoms with E-state index in [1.807, 2.05) is 37.3 Å². The van der Waals surface area contributed by atoms with Crippen molar-refractivity contribution in [3.63, 3.8) is 0 Å². The van der Waals surface area contributed by atoms with Gasteiger partial charge in [-0.2, -0.15) is 0 Å². The lowest BCUT2D eigenvalue weighted by Gasteiger charge is -2.11. The molecule has 104 valence electrons. The van der Waals surface area contributed by atoms with Crippen molar-refractivity contribution in [1.29, 1.82) is 0 Å². The van der Waals surface area contributed by atoms with E-state index in [-0.39, 0.29) is 5.78 Å². The van der Waals surface area contributed by atoms with Gasteiger partial charge >= 0.3 is 0 Å². The predicted molar refractivity (Wildman–Crippen MR) is 95.6 cm³/mol. The Morgan fingerprint density at radius 2 is 1.70 bits per heavy atom. The number of hydrogen-bond acceptors (Lipinski definition) is 2. The van der Waals surface area contributed by atoms with Crippen LogP contribution in [-0.4, -0.2) is 12.4 Å². The van der Waals surface area contributed by atoms with E-state index in [0.29, 0.717) is 23.5 Å². The molecule has 0 aromatic heterocycles. The van der Waals surface area contributed by atoms with E-state index >= 15 is 0 Å². The van der Waals surface area contributed by atoms with Gasteiger partial charge in [-0.1, -0.05) is 31.9 Å². The second kappa shape index (κ2) is 7.04. The molecule has 0 aliphatic rings. The van der Waals surface area contributed by atoms with E-state index in [1.165, 1.54) is 0 Å². The van der Waals surface area contributed by atoms with Crippen LogP contribution >= 0.6 is 54.5 Å². The van der Waals surface area contributed by atoms with Crippen LogP contribution in [0.3, 0.4) is 0 Å². The fourth-order valence-electron chi connectivity index (χ4n) is 1.78. The molecule has 0 aliphatic carbocycles. The molecule has 2 aromatic rings. The van der Waals surface area contributed by atoms with E-state index < -0.39 is 0 Å². The zero-order valence-corrected chi connectivity index (χ0v) is 16.0. The standard InChI is InChI=1S/C15H11Br2IO2/c1-2-20-14-6-4-10(17)8-12(14)15(19)11-7-9(16)3-5-13(11)18/h3-8H,2H2,1H3. The Hall–Kier alpha value is -0.400. The number of ketones is 1. The minimum atomic E-state index is -0.0412. The molecule has 2 rings (SSSR count). The van der Waals surface area contributed by atoms with Gasteiger partial charge in [-0.3, -0.25) is 4.79 Å². The molecule has 20 heavy (non-hydrogen) atoms. The van der Waals surface area contributed by atoms with Crippen LogP contribution in [-0.2, 0) is 0 Å².